The van der Waals surface area contributed by atoms with Gasteiger partial charge in [-0.3, -0.25) is 0 Å². The molecular formula is C14H18N2O5S2. The van der Waals surface area contributed by atoms with Crippen LogP contribution in [-0.2, 0) is 20.9 Å². The maximum absolute atomic E-state index is 12.8. The van der Waals surface area contributed by atoms with Crippen molar-refractivity contribution in [3.63, 3.8) is 0 Å². The van der Waals surface area contributed by atoms with Crippen molar-refractivity contribution in [3.8, 4) is 5.75 Å². The summed E-state index contributed by atoms with van der Waals surface area (Å²) < 4.78 is 50.6. The fraction of sp³-hybridized carbons (Fsp3) is 0.500. The van der Waals surface area contributed by atoms with Gasteiger partial charge in [0.25, 0.3) is 9.84 Å². The summed E-state index contributed by atoms with van der Waals surface area (Å²) in [5, 5.41) is -0.643. The highest BCUT2D eigenvalue weighted by Crippen LogP contribution is 2.36. The summed E-state index contributed by atoms with van der Waals surface area (Å²) in [6.45, 7) is 0. The second-order valence-electron chi connectivity index (χ2n) is 5.39. The molecule has 0 saturated heterocycles. The quantitative estimate of drug-likeness (QED) is 0.290. The molecule has 0 aliphatic heterocycles. The second kappa shape index (κ2) is 6.92. The highest BCUT2D eigenvalue weighted by atomic mass is 32.2. The SMILES string of the molecule is COc1ccc(S(=O)(=O)C(=[N+]=[N-])C2(S(=O)O)CCCCC2)cc1. The molecule has 0 amide bonds. The predicted molar refractivity (Wildman–Crippen MR) is 85.4 cm³/mol. The summed E-state index contributed by atoms with van der Waals surface area (Å²) in [6, 6.07) is 5.56. The van der Waals surface area contributed by atoms with Crippen LogP contribution in [0.4, 0.5) is 0 Å². The third kappa shape index (κ3) is 3.23. The molecule has 0 radical (unpaired) electrons. The van der Waals surface area contributed by atoms with Crippen LogP contribution in [0.1, 0.15) is 32.1 Å². The zero-order valence-electron chi connectivity index (χ0n) is 12.6. The average Bonchev–Trinajstić information content (AvgIpc) is 2.56. The molecule has 1 aliphatic carbocycles. The van der Waals surface area contributed by atoms with Crippen LogP contribution in [0.3, 0.4) is 0 Å². The molecule has 1 aliphatic rings. The Labute approximate surface area is 137 Å². The van der Waals surface area contributed by atoms with Crippen LogP contribution in [-0.4, -0.2) is 38.9 Å². The molecule has 1 unspecified atom stereocenters. The van der Waals surface area contributed by atoms with Gasteiger partial charge in [-0.25, -0.2) is 12.6 Å². The predicted octanol–water partition coefficient (Wildman–Crippen LogP) is 2.02. The van der Waals surface area contributed by atoms with Gasteiger partial charge in [-0.2, -0.15) is 4.79 Å². The molecule has 23 heavy (non-hydrogen) atoms. The number of benzene rings is 1. The lowest BCUT2D eigenvalue weighted by molar-refractivity contribution is -0.00757. The summed E-state index contributed by atoms with van der Waals surface area (Å²) in [7, 11) is -2.73. The summed E-state index contributed by atoms with van der Waals surface area (Å²) >= 11 is -2.46. The maximum atomic E-state index is 12.8. The molecule has 1 saturated carbocycles. The standard InChI is InChI=1S/C14H18N2O5S2/c1-21-11-5-7-12(8-6-11)23(19,20)13(16-15)14(22(17)18)9-3-2-4-10-14/h5-8H,2-4,9-10H2,1H3,(H,17,18). The highest BCUT2D eigenvalue weighted by molar-refractivity contribution is 8.08. The lowest BCUT2D eigenvalue weighted by Gasteiger charge is -2.29. The van der Waals surface area contributed by atoms with Gasteiger partial charge in [0.05, 0.1) is 12.0 Å². The zero-order valence-corrected chi connectivity index (χ0v) is 14.3. The van der Waals surface area contributed by atoms with Crippen LogP contribution >= 0.6 is 0 Å². The van der Waals surface area contributed by atoms with E-state index in [-0.39, 0.29) is 17.7 Å². The minimum absolute atomic E-state index is 0.110. The van der Waals surface area contributed by atoms with Gasteiger partial charge in [0.1, 0.15) is 5.75 Å². The number of rotatable bonds is 4. The molecule has 1 aromatic rings. The van der Waals surface area contributed by atoms with Crippen LogP contribution in [0, 0.1) is 0 Å². The van der Waals surface area contributed by atoms with Crippen LogP contribution in [0.25, 0.3) is 5.53 Å². The van der Waals surface area contributed by atoms with Crippen molar-refractivity contribution >= 4 is 26.0 Å². The number of sulfone groups is 1. The summed E-state index contributed by atoms with van der Waals surface area (Å²) in [4.78, 5) is 2.83. The van der Waals surface area contributed by atoms with Gasteiger partial charge in [0.2, 0.25) is 0 Å². The second-order valence-corrected chi connectivity index (χ2v) is 8.53. The topological polar surface area (TPSA) is 117 Å². The maximum Gasteiger partial charge on any atom is 0.406 e. The van der Waals surface area contributed by atoms with Crippen molar-refractivity contribution in [1.82, 2.24) is 0 Å². The Bertz CT molecular complexity index is 746. The summed E-state index contributed by atoms with van der Waals surface area (Å²) in [5.74, 6) is 0.476. The van der Waals surface area contributed by atoms with Gasteiger partial charge in [0.15, 0.2) is 15.8 Å². The molecule has 0 spiro atoms. The molecule has 1 aromatic carbocycles. The Morgan fingerprint density at radius 3 is 2.26 bits per heavy atom. The van der Waals surface area contributed by atoms with Crippen molar-refractivity contribution in [2.75, 3.05) is 7.11 Å². The van der Waals surface area contributed by atoms with Gasteiger partial charge in [0, 0.05) is 0 Å². The highest BCUT2D eigenvalue weighted by Gasteiger charge is 2.55. The minimum Gasteiger partial charge on any atom is -0.497 e. The van der Waals surface area contributed by atoms with Gasteiger partial charge < -0.3 is 14.8 Å². The molecule has 0 heterocycles. The van der Waals surface area contributed by atoms with Gasteiger partial charge in [-0.05, 0) is 37.1 Å². The van der Waals surface area contributed by atoms with E-state index in [1.54, 1.807) is 0 Å². The van der Waals surface area contributed by atoms with E-state index >= 15 is 0 Å². The Morgan fingerprint density at radius 1 is 1.26 bits per heavy atom. The lowest BCUT2D eigenvalue weighted by atomic mass is 9.89. The van der Waals surface area contributed by atoms with E-state index in [0.29, 0.717) is 18.6 Å². The van der Waals surface area contributed by atoms with Crippen molar-refractivity contribution in [2.45, 2.75) is 41.7 Å². The summed E-state index contributed by atoms with van der Waals surface area (Å²) in [5.41, 5.74) is 9.33. The van der Waals surface area contributed by atoms with Crippen LogP contribution in [0.2, 0.25) is 0 Å². The van der Waals surface area contributed by atoms with Crippen molar-refractivity contribution in [2.24, 2.45) is 0 Å². The van der Waals surface area contributed by atoms with Gasteiger partial charge in [-0.1, -0.05) is 19.3 Å². The zero-order chi connectivity index (χ0) is 17.1. The van der Waals surface area contributed by atoms with E-state index in [2.05, 4.69) is 4.79 Å². The Morgan fingerprint density at radius 2 is 1.83 bits per heavy atom. The molecule has 1 atom stereocenters. The van der Waals surface area contributed by atoms with Crippen molar-refractivity contribution < 1.29 is 26.7 Å². The molecule has 1 N–H and O–H groups in total. The lowest BCUT2D eigenvalue weighted by Crippen LogP contribution is -2.48. The Kier molecular flexibility index (Phi) is 5.36. The first kappa shape index (κ1) is 17.8. The van der Waals surface area contributed by atoms with E-state index < -0.39 is 30.7 Å². The Balaban J connectivity index is 2.53. The first-order valence-electron chi connectivity index (χ1n) is 7.11. The number of nitrogens with zero attached hydrogens (tertiary/aromatic N) is 2. The molecule has 2 rings (SSSR count). The first-order valence-corrected chi connectivity index (χ1v) is 9.70. The molecule has 126 valence electrons. The molecule has 0 aromatic heterocycles. The van der Waals surface area contributed by atoms with E-state index in [9.17, 15) is 22.7 Å². The number of methoxy groups -OCH3 is 1. The fourth-order valence-corrected chi connectivity index (χ4v) is 5.73. The monoisotopic (exact) mass is 358 g/mol. The summed E-state index contributed by atoms with van der Waals surface area (Å²) in [6.07, 6.45) is 2.42. The smallest absolute Gasteiger partial charge is 0.406 e. The molecule has 7 nitrogen and oxygen atoms in total. The number of ether oxygens (including phenoxy) is 1. The Hall–Kier alpha value is -1.54. The molecule has 9 heteroatoms. The fourth-order valence-electron chi connectivity index (χ4n) is 2.84. The van der Waals surface area contributed by atoms with E-state index in [1.807, 2.05) is 0 Å². The van der Waals surface area contributed by atoms with Crippen LogP contribution < -0.4 is 4.74 Å². The van der Waals surface area contributed by atoms with Crippen LogP contribution in [0.5, 0.6) is 5.75 Å². The van der Waals surface area contributed by atoms with E-state index in [4.69, 9.17) is 4.74 Å². The van der Waals surface area contributed by atoms with Crippen molar-refractivity contribution in [3.05, 3.63) is 29.8 Å². The first-order chi connectivity index (χ1) is 10.9. The number of hydrogen-bond donors (Lipinski definition) is 1. The third-order valence-corrected chi connectivity index (χ3v) is 7.37. The van der Waals surface area contributed by atoms with Crippen molar-refractivity contribution in [1.29, 1.82) is 0 Å². The molecular weight excluding hydrogens is 340 g/mol. The average molecular weight is 358 g/mol. The normalized spacial score (nSPS) is 18.7. The number of hydrogen-bond acceptors (Lipinski definition) is 4. The van der Waals surface area contributed by atoms with Crippen LogP contribution in [0.15, 0.2) is 29.2 Å². The van der Waals surface area contributed by atoms with Gasteiger partial charge in [-0.15, -0.1) is 0 Å². The van der Waals surface area contributed by atoms with E-state index in [0.717, 1.165) is 6.42 Å². The third-order valence-electron chi connectivity index (χ3n) is 4.10. The van der Waals surface area contributed by atoms with Gasteiger partial charge >= 0.3 is 5.04 Å². The largest absolute Gasteiger partial charge is 0.497 e. The van der Waals surface area contributed by atoms with E-state index in [1.165, 1.54) is 31.4 Å². The molecule has 1 fully saturated rings. The molecule has 0 bridgehead atoms. The minimum atomic E-state index is -4.19.